The summed E-state index contributed by atoms with van der Waals surface area (Å²) in [5, 5.41) is 7.33. The van der Waals surface area contributed by atoms with E-state index in [-0.39, 0.29) is 29.8 Å². The Kier molecular flexibility index (Phi) is 8.14. The predicted molar refractivity (Wildman–Crippen MR) is 121 cm³/mol. The summed E-state index contributed by atoms with van der Waals surface area (Å²) in [4.78, 5) is 8.10. The van der Waals surface area contributed by atoms with Gasteiger partial charge in [0.2, 0.25) is 0 Å². The van der Waals surface area contributed by atoms with Crippen LogP contribution in [0.15, 0.2) is 48.0 Å². The van der Waals surface area contributed by atoms with Crippen LogP contribution in [0.5, 0.6) is 0 Å². The Morgan fingerprint density at radius 2 is 1.96 bits per heavy atom. The number of imidazole rings is 1. The van der Waals surface area contributed by atoms with Crippen LogP contribution in [0.1, 0.15) is 11.3 Å². The highest BCUT2D eigenvalue weighted by molar-refractivity contribution is 14.0. The first kappa shape index (κ1) is 22.5. The molecule has 0 fully saturated rings. The van der Waals surface area contributed by atoms with Crippen molar-refractivity contribution in [3.63, 3.8) is 0 Å². The van der Waals surface area contributed by atoms with Crippen LogP contribution in [-0.2, 0) is 20.1 Å². The highest BCUT2D eigenvalue weighted by Gasteiger charge is 2.10. The molecule has 28 heavy (non-hydrogen) atoms. The Morgan fingerprint density at radius 3 is 2.54 bits per heavy atom. The molecule has 0 spiro atoms. The average Bonchev–Trinajstić information content (AvgIpc) is 3.27. The summed E-state index contributed by atoms with van der Waals surface area (Å²) in [6.45, 7) is 0.923. The lowest BCUT2D eigenvalue weighted by atomic mass is 10.2. The number of aromatic nitrogens is 3. The van der Waals surface area contributed by atoms with E-state index in [0.717, 1.165) is 11.3 Å². The molecular formula is C18H20Cl2FIN6. The second-order valence-electron chi connectivity index (χ2n) is 5.87. The molecule has 0 unspecified atom stereocenters. The topological polar surface area (TPSA) is 59.2 Å². The van der Waals surface area contributed by atoms with Gasteiger partial charge in [-0.1, -0.05) is 29.3 Å². The first-order chi connectivity index (χ1) is 13.0. The fourth-order valence-electron chi connectivity index (χ4n) is 2.61. The third-order valence-electron chi connectivity index (χ3n) is 4.13. The minimum atomic E-state index is -0.316. The molecule has 2 heterocycles. The smallest absolute Gasteiger partial charge is 0.191 e. The lowest BCUT2D eigenvalue weighted by Gasteiger charge is -2.13. The van der Waals surface area contributed by atoms with Crippen molar-refractivity contribution >= 4 is 53.1 Å². The van der Waals surface area contributed by atoms with Gasteiger partial charge in [0.05, 0.1) is 23.6 Å². The number of hydrogen-bond acceptors (Lipinski definition) is 2. The third-order valence-corrected chi connectivity index (χ3v) is 4.97. The Bertz CT molecular complexity index is 955. The molecule has 10 heteroatoms. The molecule has 3 aromatic rings. The van der Waals surface area contributed by atoms with E-state index in [1.54, 1.807) is 47.0 Å². The first-order valence-corrected chi connectivity index (χ1v) is 8.96. The fraction of sp³-hybridized carbons (Fsp3) is 0.222. The lowest BCUT2D eigenvalue weighted by Crippen LogP contribution is -2.36. The van der Waals surface area contributed by atoms with Gasteiger partial charge in [0, 0.05) is 38.7 Å². The Balaban J connectivity index is 0.00000280. The van der Waals surface area contributed by atoms with Crippen LogP contribution in [0.3, 0.4) is 0 Å². The number of halogens is 4. The summed E-state index contributed by atoms with van der Waals surface area (Å²) < 4.78 is 17.8. The van der Waals surface area contributed by atoms with E-state index < -0.39 is 0 Å². The van der Waals surface area contributed by atoms with Gasteiger partial charge in [-0.05, 0) is 23.8 Å². The molecule has 1 aromatic carbocycles. The van der Waals surface area contributed by atoms with E-state index in [1.807, 2.05) is 13.1 Å². The molecule has 6 nitrogen and oxygen atoms in total. The van der Waals surface area contributed by atoms with Crippen molar-refractivity contribution in [3.05, 3.63) is 70.2 Å². The summed E-state index contributed by atoms with van der Waals surface area (Å²) in [6, 6.07) is 6.87. The Labute approximate surface area is 189 Å². The minimum absolute atomic E-state index is 0. The van der Waals surface area contributed by atoms with E-state index in [0.29, 0.717) is 34.9 Å². The van der Waals surface area contributed by atoms with Crippen LogP contribution in [0.4, 0.5) is 4.39 Å². The second kappa shape index (κ2) is 10.1. The molecule has 0 bridgehead atoms. The molecule has 0 saturated carbocycles. The predicted octanol–water partition coefficient (Wildman–Crippen LogP) is 4.14. The summed E-state index contributed by atoms with van der Waals surface area (Å²) in [7, 11) is 3.51. The molecule has 0 aliphatic carbocycles. The number of rotatable bonds is 5. The van der Waals surface area contributed by atoms with Gasteiger partial charge in [0.15, 0.2) is 5.96 Å². The zero-order chi connectivity index (χ0) is 19.4. The molecule has 0 radical (unpaired) electrons. The molecule has 150 valence electrons. The van der Waals surface area contributed by atoms with Crippen LogP contribution in [-0.4, -0.2) is 27.1 Å². The number of aliphatic imine (C=N–C) groups is 1. The summed E-state index contributed by atoms with van der Waals surface area (Å²) in [6.07, 6.45) is 4.87. The van der Waals surface area contributed by atoms with Crippen LogP contribution in [0, 0.1) is 5.82 Å². The molecule has 0 aliphatic heterocycles. The maximum absolute atomic E-state index is 14.3. The van der Waals surface area contributed by atoms with E-state index in [2.05, 4.69) is 20.6 Å². The molecule has 2 N–H and O–H groups in total. The fourth-order valence-corrected chi connectivity index (χ4v) is 3.03. The molecule has 0 aliphatic rings. The number of nitrogens with zero attached hydrogens (tertiary/aromatic N) is 4. The van der Waals surface area contributed by atoms with Gasteiger partial charge in [0.25, 0.3) is 0 Å². The minimum Gasteiger partial charge on any atom is -0.352 e. The summed E-state index contributed by atoms with van der Waals surface area (Å²) in [5.41, 5.74) is 2.17. The van der Waals surface area contributed by atoms with Crippen molar-refractivity contribution in [2.75, 3.05) is 7.05 Å². The largest absolute Gasteiger partial charge is 0.352 e. The molecule has 2 aromatic heterocycles. The van der Waals surface area contributed by atoms with Gasteiger partial charge >= 0.3 is 0 Å². The maximum Gasteiger partial charge on any atom is 0.191 e. The van der Waals surface area contributed by atoms with E-state index in [4.69, 9.17) is 23.2 Å². The maximum atomic E-state index is 14.3. The highest BCUT2D eigenvalue weighted by Crippen LogP contribution is 2.24. The molecule has 3 rings (SSSR count). The normalized spacial score (nSPS) is 11.2. The zero-order valence-corrected chi connectivity index (χ0v) is 19.1. The average molecular weight is 537 g/mol. The van der Waals surface area contributed by atoms with Crippen LogP contribution < -0.4 is 10.6 Å². The van der Waals surface area contributed by atoms with Crippen LogP contribution >= 0.6 is 47.2 Å². The standard InChI is InChI=1S/C18H19Cl2FN6.HI/c1-22-18(25-10-13-8-14(19)17(20)26(13)2)24-9-12-3-4-16(15(21)7-12)27-6-5-23-11-27;/h3-8,11H,9-10H2,1-2H3,(H2,22,24,25);1H. The highest BCUT2D eigenvalue weighted by atomic mass is 127. The van der Waals surface area contributed by atoms with Gasteiger partial charge in [-0.25, -0.2) is 9.37 Å². The first-order valence-electron chi connectivity index (χ1n) is 8.20. The number of nitrogens with one attached hydrogen (secondary N) is 2. The second-order valence-corrected chi connectivity index (χ2v) is 6.63. The van der Waals surface area contributed by atoms with Crippen molar-refractivity contribution < 1.29 is 4.39 Å². The molecule has 0 atom stereocenters. The van der Waals surface area contributed by atoms with Gasteiger partial charge in [0.1, 0.15) is 11.0 Å². The zero-order valence-electron chi connectivity index (χ0n) is 15.3. The SMILES string of the molecule is CN=C(NCc1ccc(-n2ccnc2)c(F)c1)NCc1cc(Cl)c(Cl)n1C.I. The molecule has 0 saturated heterocycles. The van der Waals surface area contributed by atoms with Gasteiger partial charge in [-0.2, -0.15) is 0 Å². The lowest BCUT2D eigenvalue weighted by molar-refractivity contribution is 0.614. The summed E-state index contributed by atoms with van der Waals surface area (Å²) in [5.74, 6) is 0.269. The van der Waals surface area contributed by atoms with Gasteiger partial charge in [-0.3, -0.25) is 4.99 Å². The van der Waals surface area contributed by atoms with Gasteiger partial charge < -0.3 is 19.8 Å². The number of hydrogen-bond donors (Lipinski definition) is 2. The summed E-state index contributed by atoms with van der Waals surface area (Å²) >= 11 is 12.1. The van der Waals surface area contributed by atoms with E-state index in [1.165, 1.54) is 6.07 Å². The van der Waals surface area contributed by atoms with Crippen LogP contribution in [0.2, 0.25) is 10.2 Å². The number of guanidine groups is 1. The van der Waals surface area contributed by atoms with Crippen molar-refractivity contribution in [3.8, 4) is 5.69 Å². The van der Waals surface area contributed by atoms with Gasteiger partial charge in [-0.15, -0.1) is 24.0 Å². The number of benzene rings is 1. The Morgan fingerprint density at radius 1 is 1.21 bits per heavy atom. The van der Waals surface area contributed by atoms with Crippen molar-refractivity contribution in [1.82, 2.24) is 24.8 Å². The third kappa shape index (κ3) is 5.18. The Hall–Kier alpha value is -1.78. The van der Waals surface area contributed by atoms with Crippen molar-refractivity contribution in [2.45, 2.75) is 13.1 Å². The quantitative estimate of drug-likeness (QED) is 0.293. The molecular weight excluding hydrogens is 517 g/mol. The van der Waals surface area contributed by atoms with Crippen molar-refractivity contribution in [2.24, 2.45) is 12.0 Å². The monoisotopic (exact) mass is 536 g/mol. The van der Waals surface area contributed by atoms with Crippen LogP contribution in [0.25, 0.3) is 5.69 Å². The van der Waals surface area contributed by atoms with E-state index in [9.17, 15) is 4.39 Å². The van der Waals surface area contributed by atoms with E-state index >= 15 is 0 Å². The molecule has 0 amide bonds. The van der Waals surface area contributed by atoms with Crippen molar-refractivity contribution in [1.29, 1.82) is 0 Å².